The van der Waals surface area contributed by atoms with Crippen molar-refractivity contribution in [2.75, 3.05) is 65.4 Å². The molecule has 0 saturated heterocycles. The molecule has 1 aliphatic rings. The number of rotatable bonds is 35. The van der Waals surface area contributed by atoms with E-state index in [4.69, 9.17) is 0 Å². The Kier molecular flexibility index (Phi) is 26.8. The third-order valence-electron chi connectivity index (χ3n) is 14.7. The van der Waals surface area contributed by atoms with Crippen LogP contribution in [0.5, 0.6) is 0 Å². The standard InChI is InChI=1S/C57H83BrS5Si3/c1-59-35-19-41-64(40-18-34-58,42-20-36-60-2)46-24-48-66(49-25-47-65(43-21-37-61-3,44-22-38-62-4)45-23-39-63-5)56(52-30-14-8-15-31-52)54(50-26-10-6-11-27-50)55(51-28-12-7-13-29-51)57(66)53-32-16-9-17-33-53/h6-17,26-33H,18-25,34-49H2,1-5H3. The van der Waals surface area contributed by atoms with Crippen LogP contribution in [0.2, 0.25) is 60.4 Å². The summed E-state index contributed by atoms with van der Waals surface area (Å²) in [7, 11) is -5.60. The highest BCUT2D eigenvalue weighted by Crippen LogP contribution is 2.60. The van der Waals surface area contributed by atoms with Crippen LogP contribution >= 0.6 is 74.7 Å². The molecular weight excluding hydrogens is 1010 g/mol. The van der Waals surface area contributed by atoms with E-state index in [2.05, 4.69) is 227 Å². The largest absolute Gasteiger partial charge is 0.165 e. The zero-order valence-electron chi connectivity index (χ0n) is 41.4. The Morgan fingerprint density at radius 1 is 0.348 bits per heavy atom. The van der Waals surface area contributed by atoms with Crippen molar-refractivity contribution in [2.24, 2.45) is 0 Å². The van der Waals surface area contributed by atoms with Crippen molar-refractivity contribution in [3.05, 3.63) is 144 Å². The highest BCUT2D eigenvalue weighted by Gasteiger charge is 2.50. The van der Waals surface area contributed by atoms with E-state index in [9.17, 15) is 0 Å². The van der Waals surface area contributed by atoms with E-state index >= 15 is 0 Å². The van der Waals surface area contributed by atoms with Gasteiger partial charge < -0.3 is 0 Å². The van der Waals surface area contributed by atoms with Gasteiger partial charge in [-0.15, -0.1) is 0 Å². The molecule has 0 spiro atoms. The summed E-state index contributed by atoms with van der Waals surface area (Å²) in [6, 6.07) is 62.0. The maximum Gasteiger partial charge on any atom is 0.121 e. The molecule has 0 atom stereocenters. The summed E-state index contributed by atoms with van der Waals surface area (Å²) in [5, 5.41) is 4.62. The fourth-order valence-electron chi connectivity index (χ4n) is 11.7. The van der Waals surface area contributed by atoms with Crippen molar-refractivity contribution >= 4 is 120 Å². The average Bonchev–Trinajstić information content (AvgIpc) is 3.65. The van der Waals surface area contributed by atoms with E-state index in [-0.39, 0.29) is 0 Å². The van der Waals surface area contributed by atoms with Gasteiger partial charge in [-0.3, -0.25) is 0 Å². The Bertz CT molecular complexity index is 1840. The zero-order valence-corrected chi connectivity index (χ0v) is 50.1. The molecule has 0 bridgehead atoms. The average molecular weight is 1090 g/mol. The number of hydrogen-bond acceptors (Lipinski definition) is 5. The van der Waals surface area contributed by atoms with Gasteiger partial charge in [-0.25, -0.2) is 0 Å². The van der Waals surface area contributed by atoms with Gasteiger partial charge in [0.2, 0.25) is 0 Å². The number of halogens is 1. The van der Waals surface area contributed by atoms with Gasteiger partial charge >= 0.3 is 0 Å². The summed E-state index contributed by atoms with van der Waals surface area (Å²) >= 11 is 14.3. The van der Waals surface area contributed by atoms with Gasteiger partial charge in [0.15, 0.2) is 0 Å². The van der Waals surface area contributed by atoms with E-state index in [1.165, 1.54) is 174 Å². The third kappa shape index (κ3) is 16.4. The van der Waals surface area contributed by atoms with Crippen LogP contribution in [0.1, 0.15) is 73.6 Å². The smallest absolute Gasteiger partial charge is 0.121 e. The fraction of sp³-hybridized carbons (Fsp3) is 0.509. The molecule has 9 heteroatoms. The minimum absolute atomic E-state index is 1.14. The molecule has 1 aliphatic heterocycles. The summed E-state index contributed by atoms with van der Waals surface area (Å²) < 4.78 is 0. The number of thioether (sulfide) groups is 5. The monoisotopic (exact) mass is 1090 g/mol. The number of allylic oxidation sites excluding steroid dienone is 2. The van der Waals surface area contributed by atoms with E-state index in [0.717, 1.165) is 5.33 Å². The lowest BCUT2D eigenvalue weighted by Crippen LogP contribution is -2.40. The lowest BCUT2D eigenvalue weighted by atomic mass is 9.89. The molecule has 0 unspecified atom stereocenters. The van der Waals surface area contributed by atoms with Crippen molar-refractivity contribution in [1.82, 2.24) is 0 Å². The molecule has 0 N–H and O–H groups in total. The molecule has 0 nitrogen and oxygen atoms in total. The predicted octanol–water partition coefficient (Wildman–Crippen LogP) is 19.0. The van der Waals surface area contributed by atoms with Gasteiger partial charge in [-0.1, -0.05) is 198 Å². The second kappa shape index (κ2) is 31.5. The fourth-order valence-corrected chi connectivity index (χ4v) is 33.1. The molecule has 0 amide bonds. The normalized spacial score (nSPS) is 14.2. The van der Waals surface area contributed by atoms with Crippen LogP contribution in [0.4, 0.5) is 0 Å². The maximum absolute atomic E-state index is 3.93. The summed E-state index contributed by atoms with van der Waals surface area (Å²) in [4.78, 5) is 0. The van der Waals surface area contributed by atoms with Crippen molar-refractivity contribution in [3.63, 3.8) is 0 Å². The summed E-state index contributed by atoms with van der Waals surface area (Å²) in [6.07, 6.45) is 22.7. The molecule has 0 radical (unpaired) electrons. The Hall–Kier alpha value is -0.759. The van der Waals surface area contributed by atoms with Crippen LogP contribution < -0.4 is 0 Å². The lowest BCUT2D eigenvalue weighted by molar-refractivity contribution is 0.873. The molecule has 4 aromatic rings. The quantitative estimate of drug-likeness (QED) is 0.0255. The van der Waals surface area contributed by atoms with Gasteiger partial charge in [-0.2, -0.15) is 58.8 Å². The molecule has 4 aromatic carbocycles. The van der Waals surface area contributed by atoms with Gasteiger partial charge in [0.25, 0.3) is 0 Å². The minimum Gasteiger partial charge on any atom is -0.165 e. The SMILES string of the molecule is CSCCC[Si](CCCBr)(CCCSC)CCC[Si]1(CCC[Si](CCCSC)(CCCSC)CCCSC)C(c2ccccc2)=C(c2ccccc2)C(c2ccccc2)=C1c1ccccc1. The first-order valence-electron chi connectivity index (χ1n) is 25.2. The second-order valence-corrected chi connectivity index (χ2v) is 38.9. The number of alkyl halides is 1. The van der Waals surface area contributed by atoms with Gasteiger partial charge in [0, 0.05) is 5.33 Å². The molecule has 360 valence electrons. The molecule has 5 rings (SSSR count). The van der Waals surface area contributed by atoms with Crippen LogP contribution in [-0.4, -0.2) is 89.6 Å². The van der Waals surface area contributed by atoms with Crippen LogP contribution in [0.15, 0.2) is 121 Å². The van der Waals surface area contributed by atoms with Crippen LogP contribution in [-0.2, 0) is 0 Å². The summed E-state index contributed by atoms with van der Waals surface area (Å²) in [6.45, 7) is 0. The van der Waals surface area contributed by atoms with Crippen molar-refractivity contribution in [3.8, 4) is 0 Å². The molecule has 0 aliphatic carbocycles. The first kappa shape index (κ1) is 56.2. The van der Waals surface area contributed by atoms with E-state index < -0.39 is 24.2 Å². The Morgan fingerprint density at radius 2 is 0.606 bits per heavy atom. The van der Waals surface area contributed by atoms with E-state index in [1.54, 1.807) is 10.4 Å². The summed E-state index contributed by atoms with van der Waals surface area (Å²) in [5.41, 5.74) is 8.81. The molecule has 0 saturated carbocycles. The van der Waals surface area contributed by atoms with Crippen LogP contribution in [0.3, 0.4) is 0 Å². The number of hydrogen-bond donors (Lipinski definition) is 0. The predicted molar refractivity (Wildman–Crippen MR) is 327 cm³/mol. The third-order valence-corrected chi connectivity index (χ3v) is 35.5. The van der Waals surface area contributed by atoms with E-state index in [1.807, 2.05) is 0 Å². The molecule has 0 fully saturated rings. The molecule has 1 heterocycles. The topological polar surface area (TPSA) is 0 Å². The Labute approximate surface area is 437 Å². The van der Waals surface area contributed by atoms with Crippen LogP contribution in [0, 0.1) is 0 Å². The molecule has 66 heavy (non-hydrogen) atoms. The first-order chi connectivity index (χ1) is 32.5. The lowest BCUT2D eigenvalue weighted by Gasteiger charge is -2.39. The first-order valence-corrected chi connectivity index (χ1v) is 41.3. The number of benzene rings is 4. The maximum atomic E-state index is 3.93. The summed E-state index contributed by atoms with van der Waals surface area (Å²) in [5.74, 6) is 6.56. The van der Waals surface area contributed by atoms with E-state index in [0.29, 0.717) is 0 Å². The zero-order chi connectivity index (χ0) is 46.8. The molecular formula is C57H83BrS5Si3. The van der Waals surface area contributed by atoms with Crippen LogP contribution in [0.25, 0.3) is 21.5 Å². The van der Waals surface area contributed by atoms with Crippen molar-refractivity contribution in [1.29, 1.82) is 0 Å². The van der Waals surface area contributed by atoms with Gasteiger partial charge in [-0.05, 0) is 154 Å². The van der Waals surface area contributed by atoms with Gasteiger partial charge in [0.1, 0.15) is 8.07 Å². The molecule has 0 aromatic heterocycles. The minimum atomic E-state index is -2.51. The van der Waals surface area contributed by atoms with Gasteiger partial charge in [0.05, 0.1) is 16.1 Å². The Morgan fingerprint density at radius 3 is 0.879 bits per heavy atom. The Balaban J connectivity index is 1.78. The van der Waals surface area contributed by atoms with Crippen molar-refractivity contribution < 1.29 is 0 Å². The van der Waals surface area contributed by atoms with Crippen molar-refractivity contribution in [2.45, 2.75) is 112 Å². The second-order valence-electron chi connectivity index (χ2n) is 19.0. The highest BCUT2D eigenvalue weighted by molar-refractivity contribution is 9.09. The highest BCUT2D eigenvalue weighted by atomic mass is 79.9.